The highest BCUT2D eigenvalue weighted by Crippen LogP contribution is 2.26. The maximum atomic E-state index is 10.7. The first-order chi connectivity index (χ1) is 9.65. The Hall–Kier alpha value is -1.06. The highest BCUT2D eigenvalue weighted by molar-refractivity contribution is 6.33. The van der Waals surface area contributed by atoms with Crippen molar-refractivity contribution < 1.29 is 4.79 Å². The molecule has 0 aliphatic carbocycles. The lowest BCUT2D eigenvalue weighted by Crippen LogP contribution is -2.30. The summed E-state index contributed by atoms with van der Waals surface area (Å²) in [5.74, 6) is 0. The van der Waals surface area contributed by atoms with Gasteiger partial charge in [-0.3, -0.25) is 4.79 Å². The summed E-state index contributed by atoms with van der Waals surface area (Å²) in [6.45, 7) is 11.7. The first-order valence-electron chi connectivity index (χ1n) is 7.38. The van der Waals surface area contributed by atoms with E-state index in [-0.39, 0.29) is 0 Å². The lowest BCUT2D eigenvalue weighted by molar-refractivity contribution is 0.112. The van der Waals surface area contributed by atoms with Gasteiger partial charge in [-0.15, -0.1) is 0 Å². The van der Waals surface area contributed by atoms with Gasteiger partial charge in [0.2, 0.25) is 0 Å². The molecule has 0 bridgehead atoms. The van der Waals surface area contributed by atoms with Crippen LogP contribution in [0.25, 0.3) is 0 Å². The first-order valence-corrected chi connectivity index (χ1v) is 7.76. The zero-order valence-electron chi connectivity index (χ0n) is 12.7. The van der Waals surface area contributed by atoms with E-state index in [4.69, 9.17) is 11.6 Å². The van der Waals surface area contributed by atoms with Gasteiger partial charge in [-0.25, -0.2) is 0 Å². The summed E-state index contributed by atoms with van der Waals surface area (Å²) >= 11 is 6.27. The van der Waals surface area contributed by atoms with Crippen molar-refractivity contribution in [2.24, 2.45) is 0 Å². The lowest BCUT2D eigenvalue weighted by Gasteiger charge is -2.26. The Morgan fingerprint density at radius 2 is 1.80 bits per heavy atom. The fraction of sp³-hybridized carbons (Fsp3) is 0.562. The second kappa shape index (κ2) is 8.98. The van der Waals surface area contributed by atoms with Gasteiger partial charge in [0.05, 0.1) is 10.7 Å². The lowest BCUT2D eigenvalue weighted by atomic mass is 10.2. The standard InChI is InChI=1S/C16H25ClN2O/c1-4-18(5-2)10-7-11-19(6-3)16-9-8-14(13-20)12-15(16)17/h8-9,12-13H,4-7,10-11H2,1-3H3. The van der Waals surface area contributed by atoms with Crippen LogP contribution in [-0.4, -0.2) is 43.9 Å². The van der Waals surface area contributed by atoms with E-state index < -0.39 is 0 Å². The van der Waals surface area contributed by atoms with Gasteiger partial charge in [0, 0.05) is 18.7 Å². The molecule has 0 saturated heterocycles. The van der Waals surface area contributed by atoms with Crippen molar-refractivity contribution in [3.63, 3.8) is 0 Å². The average Bonchev–Trinajstić information content (AvgIpc) is 2.48. The van der Waals surface area contributed by atoms with Crippen LogP contribution in [0.3, 0.4) is 0 Å². The van der Waals surface area contributed by atoms with E-state index in [0.717, 1.165) is 51.1 Å². The topological polar surface area (TPSA) is 23.6 Å². The summed E-state index contributed by atoms with van der Waals surface area (Å²) in [4.78, 5) is 15.4. The van der Waals surface area contributed by atoms with Crippen molar-refractivity contribution in [3.8, 4) is 0 Å². The fourth-order valence-electron chi connectivity index (χ4n) is 2.33. The second-order valence-corrected chi connectivity index (χ2v) is 5.20. The number of anilines is 1. The highest BCUT2D eigenvalue weighted by atomic mass is 35.5. The van der Waals surface area contributed by atoms with Crippen LogP contribution in [0.4, 0.5) is 5.69 Å². The fourth-order valence-corrected chi connectivity index (χ4v) is 2.64. The molecule has 0 spiro atoms. The number of hydrogen-bond donors (Lipinski definition) is 0. The second-order valence-electron chi connectivity index (χ2n) is 4.79. The van der Waals surface area contributed by atoms with Gasteiger partial charge in [0.15, 0.2) is 0 Å². The number of nitrogens with zero attached hydrogens (tertiary/aromatic N) is 2. The van der Waals surface area contributed by atoms with E-state index in [1.165, 1.54) is 0 Å². The van der Waals surface area contributed by atoms with E-state index in [1.807, 2.05) is 12.1 Å². The third kappa shape index (κ3) is 4.80. The molecule has 0 N–H and O–H groups in total. The number of benzene rings is 1. The van der Waals surface area contributed by atoms with Crippen LogP contribution in [0, 0.1) is 0 Å². The average molecular weight is 297 g/mol. The molecule has 0 radical (unpaired) electrons. The van der Waals surface area contributed by atoms with E-state index in [0.29, 0.717) is 10.6 Å². The van der Waals surface area contributed by atoms with Gasteiger partial charge in [-0.2, -0.15) is 0 Å². The smallest absolute Gasteiger partial charge is 0.150 e. The highest BCUT2D eigenvalue weighted by Gasteiger charge is 2.10. The van der Waals surface area contributed by atoms with Crippen LogP contribution in [0.2, 0.25) is 5.02 Å². The SMILES string of the molecule is CCN(CC)CCCN(CC)c1ccc(C=O)cc1Cl. The van der Waals surface area contributed by atoms with E-state index in [2.05, 4.69) is 30.6 Å². The molecule has 4 heteroatoms. The van der Waals surface area contributed by atoms with E-state index in [9.17, 15) is 4.79 Å². The normalized spacial score (nSPS) is 10.8. The monoisotopic (exact) mass is 296 g/mol. The molecule has 0 atom stereocenters. The van der Waals surface area contributed by atoms with Gasteiger partial charge in [0.1, 0.15) is 6.29 Å². The third-order valence-corrected chi connectivity index (χ3v) is 3.93. The number of halogens is 1. The molecular weight excluding hydrogens is 272 g/mol. The maximum Gasteiger partial charge on any atom is 0.150 e. The Morgan fingerprint density at radius 1 is 1.10 bits per heavy atom. The minimum Gasteiger partial charge on any atom is -0.371 e. The van der Waals surface area contributed by atoms with Gasteiger partial charge >= 0.3 is 0 Å². The molecule has 3 nitrogen and oxygen atoms in total. The van der Waals surface area contributed by atoms with Gasteiger partial charge in [0.25, 0.3) is 0 Å². The van der Waals surface area contributed by atoms with Crippen molar-refractivity contribution in [2.45, 2.75) is 27.2 Å². The van der Waals surface area contributed by atoms with Crippen LogP contribution in [0.5, 0.6) is 0 Å². The number of aldehydes is 1. The molecule has 112 valence electrons. The molecular formula is C16H25ClN2O. The summed E-state index contributed by atoms with van der Waals surface area (Å²) in [6, 6.07) is 5.49. The molecule has 1 rings (SSSR count). The minimum absolute atomic E-state index is 0.623. The molecule has 0 unspecified atom stereocenters. The Balaban J connectivity index is 2.64. The number of carbonyl (C=O) groups excluding carboxylic acids is 1. The van der Waals surface area contributed by atoms with Gasteiger partial charge < -0.3 is 9.80 Å². The summed E-state index contributed by atoms with van der Waals surface area (Å²) < 4.78 is 0. The number of rotatable bonds is 9. The van der Waals surface area contributed by atoms with Gasteiger partial charge in [-0.1, -0.05) is 25.4 Å². The Labute approximate surface area is 127 Å². The Morgan fingerprint density at radius 3 is 2.30 bits per heavy atom. The summed E-state index contributed by atoms with van der Waals surface area (Å²) in [5.41, 5.74) is 1.64. The van der Waals surface area contributed by atoms with Crippen LogP contribution in [0.15, 0.2) is 18.2 Å². The molecule has 0 aliphatic heterocycles. The molecule has 0 fully saturated rings. The predicted molar refractivity (Wildman–Crippen MR) is 87.1 cm³/mol. The molecule has 0 saturated carbocycles. The van der Waals surface area contributed by atoms with Crippen LogP contribution < -0.4 is 4.90 Å². The molecule has 0 amide bonds. The first kappa shape index (κ1) is 17.0. The molecule has 1 aromatic carbocycles. The quantitative estimate of drug-likeness (QED) is 0.649. The van der Waals surface area contributed by atoms with E-state index >= 15 is 0 Å². The van der Waals surface area contributed by atoms with E-state index in [1.54, 1.807) is 6.07 Å². The zero-order chi connectivity index (χ0) is 15.0. The van der Waals surface area contributed by atoms with Gasteiger partial charge in [-0.05, 0) is 51.2 Å². The van der Waals surface area contributed by atoms with Crippen molar-refractivity contribution in [2.75, 3.05) is 37.6 Å². The van der Waals surface area contributed by atoms with Crippen molar-refractivity contribution in [1.29, 1.82) is 0 Å². The Kier molecular flexibility index (Phi) is 7.63. The van der Waals surface area contributed by atoms with Crippen molar-refractivity contribution in [3.05, 3.63) is 28.8 Å². The largest absolute Gasteiger partial charge is 0.371 e. The predicted octanol–water partition coefficient (Wildman–Crippen LogP) is 3.71. The molecule has 0 aromatic heterocycles. The number of carbonyl (C=O) groups is 1. The van der Waals surface area contributed by atoms with Crippen LogP contribution in [-0.2, 0) is 0 Å². The summed E-state index contributed by atoms with van der Waals surface area (Å²) in [7, 11) is 0. The van der Waals surface area contributed by atoms with Crippen molar-refractivity contribution >= 4 is 23.6 Å². The minimum atomic E-state index is 0.623. The molecule has 0 heterocycles. The molecule has 1 aromatic rings. The third-order valence-electron chi connectivity index (χ3n) is 3.63. The molecule has 0 aliphatic rings. The summed E-state index contributed by atoms with van der Waals surface area (Å²) in [6.07, 6.45) is 1.94. The maximum absolute atomic E-state index is 10.7. The zero-order valence-corrected chi connectivity index (χ0v) is 13.5. The molecule has 20 heavy (non-hydrogen) atoms. The Bertz CT molecular complexity index is 419. The summed E-state index contributed by atoms with van der Waals surface area (Å²) in [5, 5.41) is 0.652. The number of hydrogen-bond acceptors (Lipinski definition) is 3. The van der Waals surface area contributed by atoms with Crippen LogP contribution in [0.1, 0.15) is 37.6 Å². The van der Waals surface area contributed by atoms with Crippen molar-refractivity contribution in [1.82, 2.24) is 4.90 Å². The van der Waals surface area contributed by atoms with Crippen LogP contribution >= 0.6 is 11.6 Å².